The molecule has 0 N–H and O–H groups in total. The average molecular weight is 325 g/mol. The van der Waals surface area contributed by atoms with Crippen LogP contribution in [-0.4, -0.2) is 15.4 Å². The Labute approximate surface area is 135 Å². The van der Waals surface area contributed by atoms with E-state index in [0.717, 1.165) is 11.1 Å². The fourth-order valence-corrected chi connectivity index (χ4v) is 3.12. The third-order valence-electron chi connectivity index (χ3n) is 4.70. The second kappa shape index (κ2) is 6.45. The zero-order valence-corrected chi connectivity index (χ0v) is 16.2. The van der Waals surface area contributed by atoms with Crippen LogP contribution in [0, 0.1) is 19.7 Å². The second-order valence-electron chi connectivity index (χ2n) is 7.26. The normalized spacial score (nSPS) is 12.2. The molecular weight excluding hydrogens is 295 g/mol. The predicted molar refractivity (Wildman–Crippen MR) is 94.2 cm³/mol. The largest absolute Gasteiger partial charge is 0.541 e. The number of methoxy groups -OCH3 is 1. The molecule has 1 aromatic rings. The van der Waals surface area contributed by atoms with Crippen molar-refractivity contribution in [2.24, 2.45) is 0 Å². The molecule has 0 aliphatic heterocycles. The van der Waals surface area contributed by atoms with Gasteiger partial charge in [-0.3, -0.25) is 0 Å². The fourth-order valence-electron chi connectivity index (χ4n) is 2.09. The smallest absolute Gasteiger partial charge is 0.250 e. The molecule has 0 saturated heterocycles. The molecule has 1 rings (SSSR count). The van der Waals surface area contributed by atoms with E-state index in [1.54, 1.807) is 20.1 Å². The summed E-state index contributed by atoms with van der Waals surface area (Å²) in [5.74, 6) is 0.763. The minimum atomic E-state index is -2.14. The summed E-state index contributed by atoms with van der Waals surface area (Å²) in [4.78, 5) is 0. The number of hydrogen-bond donors (Lipinski definition) is 0. The van der Waals surface area contributed by atoms with Gasteiger partial charge in [0.25, 0.3) is 8.32 Å². The first-order valence-electron chi connectivity index (χ1n) is 7.63. The van der Waals surface area contributed by atoms with Gasteiger partial charge in [-0.1, -0.05) is 26.8 Å². The van der Waals surface area contributed by atoms with Crippen LogP contribution >= 0.6 is 0 Å². The maximum absolute atomic E-state index is 14.9. The summed E-state index contributed by atoms with van der Waals surface area (Å²) in [7, 11) is -0.530. The number of rotatable bonds is 5. The van der Waals surface area contributed by atoms with Gasteiger partial charge in [-0.2, -0.15) is 0 Å². The van der Waals surface area contributed by atoms with E-state index in [4.69, 9.17) is 9.16 Å². The highest BCUT2D eigenvalue weighted by Crippen LogP contribution is 2.43. The highest BCUT2D eigenvalue weighted by molar-refractivity contribution is 6.74. The standard InChI is InChI=1S/C18H29FO2Si/c1-10-11-14-16(20-7)13(3)12(2)15(19)17(14)21-22(8,9)18(4,5)6/h10H,1,11H2,2-9H3. The lowest BCUT2D eigenvalue weighted by molar-refractivity contribution is 0.394. The van der Waals surface area contributed by atoms with Gasteiger partial charge < -0.3 is 9.16 Å². The molecule has 2 nitrogen and oxygen atoms in total. The first kappa shape index (κ1) is 18.8. The van der Waals surface area contributed by atoms with E-state index in [2.05, 4.69) is 40.4 Å². The van der Waals surface area contributed by atoms with Gasteiger partial charge in [0.05, 0.1) is 7.11 Å². The molecule has 0 aromatic heterocycles. The van der Waals surface area contributed by atoms with Crippen LogP contribution in [0.3, 0.4) is 0 Å². The Morgan fingerprint density at radius 2 is 1.68 bits per heavy atom. The third kappa shape index (κ3) is 3.37. The molecule has 0 radical (unpaired) electrons. The van der Waals surface area contributed by atoms with Crippen LogP contribution in [0.5, 0.6) is 11.5 Å². The van der Waals surface area contributed by atoms with Crippen LogP contribution in [0.2, 0.25) is 18.1 Å². The molecule has 0 fully saturated rings. The van der Waals surface area contributed by atoms with Crippen molar-refractivity contribution in [2.75, 3.05) is 7.11 Å². The van der Waals surface area contributed by atoms with E-state index in [-0.39, 0.29) is 10.9 Å². The Kier molecular flexibility index (Phi) is 5.50. The van der Waals surface area contributed by atoms with E-state index in [1.807, 2.05) is 6.92 Å². The Hall–Kier alpha value is -1.29. The maximum Gasteiger partial charge on any atom is 0.250 e. The summed E-state index contributed by atoms with van der Waals surface area (Å²) >= 11 is 0. The van der Waals surface area contributed by atoms with Crippen molar-refractivity contribution in [3.05, 3.63) is 35.2 Å². The zero-order chi connectivity index (χ0) is 17.3. The SMILES string of the molecule is C=CCc1c(OC)c(C)c(C)c(F)c1O[Si](C)(C)C(C)(C)C. The second-order valence-corrected chi connectivity index (χ2v) is 12.0. The Balaban J connectivity index is 3.58. The molecule has 22 heavy (non-hydrogen) atoms. The average Bonchev–Trinajstić information content (AvgIpc) is 2.40. The summed E-state index contributed by atoms with van der Waals surface area (Å²) in [5, 5.41) is -0.00306. The minimum absolute atomic E-state index is 0.00306. The monoisotopic (exact) mass is 324 g/mol. The van der Waals surface area contributed by atoms with Crippen molar-refractivity contribution in [2.45, 2.75) is 59.2 Å². The molecule has 0 heterocycles. The number of benzene rings is 1. The number of hydrogen-bond acceptors (Lipinski definition) is 2. The third-order valence-corrected chi connectivity index (χ3v) is 9.02. The molecule has 0 unspecified atom stereocenters. The molecule has 0 spiro atoms. The summed E-state index contributed by atoms with van der Waals surface area (Å²) in [6.45, 7) is 18.1. The highest BCUT2D eigenvalue weighted by Gasteiger charge is 2.40. The van der Waals surface area contributed by atoms with Gasteiger partial charge in [0.2, 0.25) is 0 Å². The predicted octanol–water partition coefficient (Wildman–Crippen LogP) is 5.56. The molecule has 124 valence electrons. The molecular formula is C18H29FO2Si. The van der Waals surface area contributed by atoms with Crippen LogP contribution in [0.15, 0.2) is 12.7 Å². The van der Waals surface area contributed by atoms with Crippen molar-refractivity contribution in [1.82, 2.24) is 0 Å². The first-order chi connectivity index (χ1) is 9.97. The van der Waals surface area contributed by atoms with Crippen LogP contribution in [0.1, 0.15) is 37.5 Å². The van der Waals surface area contributed by atoms with Gasteiger partial charge in [0.1, 0.15) is 11.5 Å². The van der Waals surface area contributed by atoms with Gasteiger partial charge in [-0.25, -0.2) is 4.39 Å². The topological polar surface area (TPSA) is 18.5 Å². The molecule has 0 aliphatic carbocycles. The van der Waals surface area contributed by atoms with Crippen molar-refractivity contribution in [3.8, 4) is 11.5 Å². The Bertz CT molecular complexity index is 572. The van der Waals surface area contributed by atoms with E-state index in [1.165, 1.54) is 0 Å². The first-order valence-corrected chi connectivity index (χ1v) is 10.5. The van der Waals surface area contributed by atoms with E-state index in [9.17, 15) is 4.39 Å². The minimum Gasteiger partial charge on any atom is -0.541 e. The van der Waals surface area contributed by atoms with E-state index in [0.29, 0.717) is 23.5 Å². The molecule has 0 bridgehead atoms. The fraction of sp³-hybridized carbons (Fsp3) is 0.556. The lowest BCUT2D eigenvalue weighted by atomic mass is 10.00. The van der Waals surface area contributed by atoms with Crippen LogP contribution in [0.4, 0.5) is 4.39 Å². The molecule has 0 amide bonds. The van der Waals surface area contributed by atoms with Crippen molar-refractivity contribution < 1.29 is 13.6 Å². The van der Waals surface area contributed by atoms with Gasteiger partial charge in [0.15, 0.2) is 5.82 Å². The summed E-state index contributed by atoms with van der Waals surface area (Å²) in [6.07, 6.45) is 2.27. The number of ether oxygens (including phenoxy) is 1. The maximum atomic E-state index is 14.9. The van der Waals surface area contributed by atoms with Crippen molar-refractivity contribution >= 4 is 8.32 Å². The van der Waals surface area contributed by atoms with Gasteiger partial charge in [-0.05, 0) is 49.5 Å². The van der Waals surface area contributed by atoms with Crippen LogP contribution < -0.4 is 9.16 Å². The van der Waals surface area contributed by atoms with Crippen molar-refractivity contribution in [1.29, 1.82) is 0 Å². The summed E-state index contributed by atoms with van der Waals surface area (Å²) in [5.41, 5.74) is 2.15. The lowest BCUT2D eigenvalue weighted by Crippen LogP contribution is -2.44. The Morgan fingerprint density at radius 3 is 2.09 bits per heavy atom. The van der Waals surface area contributed by atoms with E-state index >= 15 is 0 Å². The highest BCUT2D eigenvalue weighted by atomic mass is 28.4. The molecule has 4 heteroatoms. The van der Waals surface area contributed by atoms with Crippen LogP contribution in [0.25, 0.3) is 0 Å². The lowest BCUT2D eigenvalue weighted by Gasteiger charge is -2.37. The quantitative estimate of drug-likeness (QED) is 0.521. The van der Waals surface area contributed by atoms with Crippen molar-refractivity contribution in [3.63, 3.8) is 0 Å². The summed E-state index contributed by atoms with van der Waals surface area (Å²) in [6, 6.07) is 0. The molecule has 0 saturated carbocycles. The summed E-state index contributed by atoms with van der Waals surface area (Å²) < 4.78 is 26.7. The Morgan fingerprint density at radius 1 is 1.14 bits per heavy atom. The van der Waals surface area contributed by atoms with Crippen LogP contribution in [-0.2, 0) is 6.42 Å². The zero-order valence-electron chi connectivity index (χ0n) is 15.2. The molecule has 0 atom stereocenters. The van der Waals surface area contributed by atoms with E-state index < -0.39 is 8.32 Å². The number of halogens is 1. The molecule has 1 aromatic carbocycles. The van der Waals surface area contributed by atoms with Gasteiger partial charge >= 0.3 is 0 Å². The molecule has 0 aliphatic rings. The van der Waals surface area contributed by atoms with Gasteiger partial charge in [-0.15, -0.1) is 6.58 Å². The van der Waals surface area contributed by atoms with Gasteiger partial charge in [0, 0.05) is 5.56 Å². The number of allylic oxidation sites excluding steroid dienone is 1.